The van der Waals surface area contributed by atoms with Crippen LogP contribution in [0.2, 0.25) is 0 Å². The number of oxazole rings is 1. The van der Waals surface area contributed by atoms with Crippen LogP contribution < -0.4 is 4.74 Å². The highest BCUT2D eigenvalue weighted by atomic mass is 19.1. The maximum absolute atomic E-state index is 13.1. The number of halogens is 1. The highest BCUT2D eigenvalue weighted by Gasteiger charge is 2.41. The maximum atomic E-state index is 13.1. The Balaban J connectivity index is 1.40. The van der Waals surface area contributed by atoms with Crippen LogP contribution in [0.5, 0.6) is 5.75 Å². The number of benzene rings is 1. The molecule has 2 aromatic rings. The molecule has 0 spiro atoms. The molecule has 0 unspecified atom stereocenters. The molecule has 6 heteroatoms. The zero-order valence-corrected chi connectivity index (χ0v) is 12.6. The van der Waals surface area contributed by atoms with Crippen LogP contribution in [0.4, 0.5) is 4.39 Å². The molecule has 1 amide bonds. The van der Waals surface area contributed by atoms with E-state index in [-0.39, 0.29) is 18.3 Å². The van der Waals surface area contributed by atoms with Crippen molar-refractivity contribution >= 4 is 5.91 Å². The summed E-state index contributed by atoms with van der Waals surface area (Å²) in [6.45, 7) is 0.883. The lowest BCUT2D eigenvalue weighted by Gasteiger charge is -2.25. The molecule has 5 nitrogen and oxygen atoms in total. The van der Waals surface area contributed by atoms with Gasteiger partial charge in [0.15, 0.2) is 12.3 Å². The summed E-state index contributed by atoms with van der Waals surface area (Å²) >= 11 is 0. The monoisotopic (exact) mass is 316 g/mol. The Morgan fingerprint density at radius 1 is 1.43 bits per heavy atom. The van der Waals surface area contributed by atoms with E-state index in [4.69, 9.17) is 9.15 Å². The number of amides is 1. The number of carbonyl (C=O) groups excluding carboxylic acids is 1. The molecule has 2 atom stereocenters. The summed E-state index contributed by atoms with van der Waals surface area (Å²) in [7, 11) is 0. The van der Waals surface area contributed by atoms with Crippen molar-refractivity contribution in [3.05, 3.63) is 47.9 Å². The Morgan fingerprint density at radius 2 is 2.35 bits per heavy atom. The second kappa shape index (κ2) is 5.68. The number of fused-ring (bicyclic) bond motifs is 2. The summed E-state index contributed by atoms with van der Waals surface area (Å²) in [5.41, 5.74) is 0.315. The van der Waals surface area contributed by atoms with Crippen molar-refractivity contribution in [2.45, 2.75) is 31.9 Å². The third kappa shape index (κ3) is 2.81. The second-order valence-corrected chi connectivity index (χ2v) is 6.16. The van der Waals surface area contributed by atoms with Gasteiger partial charge in [0.25, 0.3) is 5.91 Å². The third-order valence-electron chi connectivity index (χ3n) is 4.60. The van der Waals surface area contributed by atoms with Crippen LogP contribution in [0.3, 0.4) is 0 Å². The number of rotatable bonds is 4. The molecule has 0 radical (unpaired) electrons. The van der Waals surface area contributed by atoms with E-state index >= 15 is 0 Å². The number of piperidine rings is 1. The van der Waals surface area contributed by atoms with Crippen molar-refractivity contribution in [3.8, 4) is 5.75 Å². The Hall–Kier alpha value is -2.37. The molecule has 2 bridgehead atoms. The molecule has 23 heavy (non-hydrogen) atoms. The molecule has 4 rings (SSSR count). The Kier molecular flexibility index (Phi) is 3.52. The number of carbonyl (C=O) groups is 1. The minimum atomic E-state index is -0.366. The van der Waals surface area contributed by atoms with Crippen molar-refractivity contribution in [1.82, 2.24) is 9.88 Å². The van der Waals surface area contributed by atoms with Crippen molar-refractivity contribution in [2.75, 3.05) is 6.54 Å². The van der Waals surface area contributed by atoms with Crippen molar-refractivity contribution in [1.29, 1.82) is 0 Å². The SMILES string of the molecule is O=C(c1coc(COc2cccc(F)c2)n1)N1C[C@H]2CC[C@H]1C2. The minimum Gasteiger partial charge on any atom is -0.484 e. The summed E-state index contributed by atoms with van der Waals surface area (Å²) in [6.07, 6.45) is 4.79. The molecule has 1 aliphatic heterocycles. The Bertz CT molecular complexity index is 730. The van der Waals surface area contributed by atoms with Gasteiger partial charge in [-0.2, -0.15) is 0 Å². The number of likely N-dealkylation sites (tertiary alicyclic amines) is 1. The standard InChI is InChI=1S/C17H17FN2O3/c18-12-2-1-3-14(7-12)22-10-16-19-15(9-23-16)17(21)20-8-11-4-5-13(20)6-11/h1-3,7,9,11,13H,4-6,8,10H2/t11-,13-/m0/s1. The summed E-state index contributed by atoms with van der Waals surface area (Å²) in [5, 5.41) is 0. The zero-order chi connectivity index (χ0) is 15.8. The summed E-state index contributed by atoms with van der Waals surface area (Å²) < 4.78 is 23.8. The summed E-state index contributed by atoms with van der Waals surface area (Å²) in [4.78, 5) is 18.6. The first kappa shape index (κ1) is 14.2. The van der Waals surface area contributed by atoms with Crippen LogP contribution in [0.25, 0.3) is 0 Å². The van der Waals surface area contributed by atoms with Gasteiger partial charge in [-0.15, -0.1) is 0 Å². The second-order valence-electron chi connectivity index (χ2n) is 6.16. The van der Waals surface area contributed by atoms with E-state index in [9.17, 15) is 9.18 Å². The first-order valence-electron chi connectivity index (χ1n) is 7.83. The van der Waals surface area contributed by atoms with Crippen LogP contribution in [0, 0.1) is 11.7 Å². The normalized spacial score (nSPS) is 22.6. The molecule has 2 fully saturated rings. The number of ether oxygens (including phenoxy) is 1. The first-order chi connectivity index (χ1) is 11.2. The van der Waals surface area contributed by atoms with E-state index in [1.165, 1.54) is 24.8 Å². The van der Waals surface area contributed by atoms with Gasteiger partial charge in [-0.3, -0.25) is 4.79 Å². The predicted octanol–water partition coefficient (Wildman–Crippen LogP) is 3.02. The van der Waals surface area contributed by atoms with Crippen molar-refractivity contribution in [3.63, 3.8) is 0 Å². The molecule has 1 aromatic carbocycles. The van der Waals surface area contributed by atoms with E-state index in [0.717, 1.165) is 19.4 Å². The van der Waals surface area contributed by atoms with Gasteiger partial charge in [-0.1, -0.05) is 6.07 Å². The van der Waals surface area contributed by atoms with E-state index in [1.54, 1.807) is 12.1 Å². The van der Waals surface area contributed by atoms with Gasteiger partial charge in [-0.05, 0) is 37.3 Å². The fourth-order valence-corrected chi connectivity index (χ4v) is 3.50. The molecule has 2 aliphatic rings. The zero-order valence-electron chi connectivity index (χ0n) is 12.6. The smallest absolute Gasteiger partial charge is 0.276 e. The van der Waals surface area contributed by atoms with Crippen molar-refractivity contribution < 1.29 is 18.3 Å². The molecule has 0 N–H and O–H groups in total. The predicted molar refractivity (Wildman–Crippen MR) is 79.4 cm³/mol. The van der Waals surface area contributed by atoms with E-state index in [1.807, 2.05) is 4.90 Å². The third-order valence-corrected chi connectivity index (χ3v) is 4.60. The average Bonchev–Trinajstić information content (AvgIpc) is 3.28. The van der Waals surface area contributed by atoms with Crippen LogP contribution in [0.1, 0.15) is 35.6 Å². The largest absolute Gasteiger partial charge is 0.484 e. The van der Waals surface area contributed by atoms with Gasteiger partial charge >= 0.3 is 0 Å². The van der Waals surface area contributed by atoms with E-state index < -0.39 is 0 Å². The fraction of sp³-hybridized carbons (Fsp3) is 0.412. The van der Waals surface area contributed by atoms with E-state index in [0.29, 0.717) is 29.3 Å². The molecule has 2 heterocycles. The molecular weight excluding hydrogens is 299 g/mol. The van der Waals surface area contributed by atoms with Crippen LogP contribution in [0.15, 0.2) is 34.9 Å². The van der Waals surface area contributed by atoms with Gasteiger partial charge < -0.3 is 14.1 Å². The highest BCUT2D eigenvalue weighted by Crippen LogP contribution is 2.37. The van der Waals surface area contributed by atoms with Crippen LogP contribution in [-0.2, 0) is 6.61 Å². The van der Waals surface area contributed by atoms with E-state index in [2.05, 4.69) is 4.98 Å². The Labute approximate surface area is 133 Å². The number of hydrogen-bond donors (Lipinski definition) is 0. The van der Waals surface area contributed by atoms with Gasteiger partial charge in [0, 0.05) is 18.7 Å². The lowest BCUT2D eigenvalue weighted by Crippen LogP contribution is -2.37. The van der Waals surface area contributed by atoms with Gasteiger partial charge in [0.1, 0.15) is 17.8 Å². The molecule has 1 aromatic heterocycles. The maximum Gasteiger partial charge on any atom is 0.276 e. The molecule has 1 saturated heterocycles. The Morgan fingerprint density at radius 3 is 3.09 bits per heavy atom. The van der Waals surface area contributed by atoms with Gasteiger partial charge in [0.2, 0.25) is 5.89 Å². The minimum absolute atomic E-state index is 0.0583. The number of hydrogen-bond acceptors (Lipinski definition) is 4. The topological polar surface area (TPSA) is 55.6 Å². The first-order valence-corrected chi connectivity index (χ1v) is 7.83. The fourth-order valence-electron chi connectivity index (χ4n) is 3.50. The van der Waals surface area contributed by atoms with Crippen LogP contribution >= 0.6 is 0 Å². The van der Waals surface area contributed by atoms with Gasteiger partial charge in [-0.25, -0.2) is 9.37 Å². The number of nitrogens with zero attached hydrogens (tertiary/aromatic N) is 2. The summed E-state index contributed by atoms with van der Waals surface area (Å²) in [6, 6.07) is 6.21. The number of aromatic nitrogens is 1. The molecule has 1 aliphatic carbocycles. The van der Waals surface area contributed by atoms with Crippen LogP contribution in [-0.4, -0.2) is 28.4 Å². The molecule has 1 saturated carbocycles. The highest BCUT2D eigenvalue weighted by molar-refractivity contribution is 5.92. The molecular formula is C17H17FN2O3. The summed E-state index contributed by atoms with van der Waals surface area (Å²) in [5.74, 6) is 0.911. The quantitative estimate of drug-likeness (QED) is 0.870. The van der Waals surface area contributed by atoms with Crippen molar-refractivity contribution in [2.24, 2.45) is 5.92 Å². The lowest BCUT2D eigenvalue weighted by molar-refractivity contribution is 0.0697. The average molecular weight is 316 g/mol. The van der Waals surface area contributed by atoms with Gasteiger partial charge in [0.05, 0.1) is 0 Å². The molecule has 120 valence electrons. The lowest BCUT2D eigenvalue weighted by atomic mass is 10.1.